The number of aliphatic hydroxyl groups excluding tert-OH is 1. The highest BCUT2D eigenvalue weighted by atomic mass is 16.3. The van der Waals surface area contributed by atoms with Crippen molar-refractivity contribution in [1.29, 1.82) is 0 Å². The number of aliphatic hydroxyl groups is 1. The first-order valence-electron chi connectivity index (χ1n) is 2.92. The summed E-state index contributed by atoms with van der Waals surface area (Å²) in [6.45, 7) is 1.66. The predicted octanol–water partition coefficient (Wildman–Crippen LogP) is -0.587. The van der Waals surface area contributed by atoms with Crippen LogP contribution in [0.2, 0.25) is 0 Å². The van der Waals surface area contributed by atoms with E-state index in [-0.39, 0.29) is 6.61 Å². The van der Waals surface area contributed by atoms with Crippen LogP contribution in [0.15, 0.2) is 5.10 Å². The van der Waals surface area contributed by atoms with E-state index in [0.29, 0.717) is 12.1 Å². The molecule has 0 aliphatic rings. The Balaban J connectivity index is 3.74. The molecule has 0 radical (unpaired) electrons. The third-order valence-electron chi connectivity index (χ3n) is 0.915. The van der Waals surface area contributed by atoms with E-state index >= 15 is 0 Å². The zero-order chi connectivity index (χ0) is 7.98. The lowest BCUT2D eigenvalue weighted by atomic mass is 10.3. The van der Waals surface area contributed by atoms with Gasteiger partial charge < -0.3 is 10.8 Å². The summed E-state index contributed by atoms with van der Waals surface area (Å²) >= 11 is 0. The van der Waals surface area contributed by atoms with E-state index in [1.165, 1.54) is 0 Å². The van der Waals surface area contributed by atoms with Gasteiger partial charge in [0.2, 0.25) is 0 Å². The number of carbonyl (C=O) groups excluding carboxylic acids is 1. The van der Waals surface area contributed by atoms with Crippen LogP contribution >= 0.6 is 0 Å². The first kappa shape index (κ1) is 8.90. The molecule has 0 spiro atoms. The van der Waals surface area contributed by atoms with Crippen molar-refractivity contribution in [1.82, 2.24) is 5.43 Å². The van der Waals surface area contributed by atoms with Crippen molar-refractivity contribution >= 4 is 11.7 Å². The number of amides is 2. The summed E-state index contributed by atoms with van der Waals surface area (Å²) in [6, 6.07) is -0.723. The van der Waals surface area contributed by atoms with Gasteiger partial charge >= 0.3 is 6.03 Å². The van der Waals surface area contributed by atoms with Crippen molar-refractivity contribution in [2.75, 3.05) is 6.61 Å². The van der Waals surface area contributed by atoms with Crippen molar-refractivity contribution in [2.45, 2.75) is 13.3 Å². The van der Waals surface area contributed by atoms with Crippen molar-refractivity contribution < 1.29 is 9.90 Å². The molecule has 0 fully saturated rings. The van der Waals surface area contributed by atoms with Gasteiger partial charge in [-0.05, 0) is 6.42 Å². The highest BCUT2D eigenvalue weighted by Gasteiger charge is 1.92. The smallest absolute Gasteiger partial charge is 0.332 e. The molecular weight excluding hydrogens is 134 g/mol. The summed E-state index contributed by atoms with van der Waals surface area (Å²) in [7, 11) is 0. The Morgan fingerprint density at radius 1 is 1.80 bits per heavy atom. The lowest BCUT2D eigenvalue weighted by Crippen LogP contribution is -2.26. The van der Waals surface area contributed by atoms with E-state index in [9.17, 15) is 4.79 Å². The van der Waals surface area contributed by atoms with Gasteiger partial charge in [0.05, 0.1) is 12.3 Å². The third kappa shape index (κ3) is 3.85. The first-order valence-corrected chi connectivity index (χ1v) is 2.92. The van der Waals surface area contributed by atoms with Crippen LogP contribution in [0, 0.1) is 0 Å². The highest BCUT2D eigenvalue weighted by Crippen LogP contribution is 1.81. The maximum Gasteiger partial charge on any atom is 0.332 e. The molecule has 0 atom stereocenters. The maximum absolute atomic E-state index is 10.1. The first-order chi connectivity index (χ1) is 4.70. The molecule has 5 nitrogen and oxygen atoms in total. The van der Waals surface area contributed by atoms with Crippen LogP contribution < -0.4 is 11.2 Å². The molecule has 0 aliphatic carbocycles. The summed E-state index contributed by atoms with van der Waals surface area (Å²) < 4.78 is 0. The molecule has 0 unspecified atom stereocenters. The summed E-state index contributed by atoms with van der Waals surface area (Å²) in [5.41, 5.74) is 7.22. The van der Waals surface area contributed by atoms with Crippen molar-refractivity contribution in [3.05, 3.63) is 0 Å². The second-order valence-electron chi connectivity index (χ2n) is 1.67. The molecule has 0 aromatic carbocycles. The van der Waals surface area contributed by atoms with Gasteiger partial charge in [-0.25, -0.2) is 10.2 Å². The molecular formula is C5H11N3O2. The SMILES string of the molecule is CC/C(CO)=N\NC(N)=O. The molecule has 0 saturated heterocycles. The Hall–Kier alpha value is -1.10. The van der Waals surface area contributed by atoms with Gasteiger partial charge in [0, 0.05) is 0 Å². The molecule has 2 amide bonds. The summed E-state index contributed by atoms with van der Waals surface area (Å²) in [5, 5.41) is 12.0. The zero-order valence-corrected chi connectivity index (χ0v) is 5.79. The second kappa shape index (κ2) is 4.75. The van der Waals surface area contributed by atoms with Gasteiger partial charge in [0.15, 0.2) is 0 Å². The van der Waals surface area contributed by atoms with E-state index in [0.717, 1.165) is 0 Å². The fourth-order valence-corrected chi connectivity index (χ4v) is 0.360. The minimum absolute atomic E-state index is 0.156. The summed E-state index contributed by atoms with van der Waals surface area (Å²) in [6.07, 6.45) is 0.594. The minimum atomic E-state index is -0.723. The molecule has 4 N–H and O–H groups in total. The molecule has 5 heteroatoms. The number of rotatable bonds is 3. The van der Waals surface area contributed by atoms with Crippen LogP contribution in [0.1, 0.15) is 13.3 Å². The molecule has 58 valence electrons. The second-order valence-corrected chi connectivity index (χ2v) is 1.67. The molecule has 0 aromatic rings. The van der Waals surface area contributed by atoms with Crippen LogP contribution in [0.4, 0.5) is 4.79 Å². The van der Waals surface area contributed by atoms with E-state index in [1.807, 2.05) is 12.3 Å². The number of nitrogens with zero attached hydrogens (tertiary/aromatic N) is 1. The number of carbonyl (C=O) groups is 1. The van der Waals surface area contributed by atoms with Crippen LogP contribution in [0.25, 0.3) is 0 Å². The Morgan fingerprint density at radius 2 is 2.40 bits per heavy atom. The molecule has 0 rings (SSSR count). The van der Waals surface area contributed by atoms with Gasteiger partial charge in [-0.2, -0.15) is 5.10 Å². The Bertz CT molecular complexity index is 138. The Kier molecular flexibility index (Phi) is 4.23. The molecule has 0 bridgehead atoms. The number of hydrazone groups is 1. The summed E-state index contributed by atoms with van der Waals surface area (Å²) in [4.78, 5) is 10.1. The predicted molar refractivity (Wildman–Crippen MR) is 37.5 cm³/mol. The van der Waals surface area contributed by atoms with E-state index in [1.54, 1.807) is 0 Å². The average Bonchev–Trinajstić information content (AvgIpc) is 1.90. The van der Waals surface area contributed by atoms with Crippen LogP contribution in [-0.4, -0.2) is 23.5 Å². The quantitative estimate of drug-likeness (QED) is 0.366. The van der Waals surface area contributed by atoms with Gasteiger partial charge in [0.1, 0.15) is 0 Å². The van der Waals surface area contributed by atoms with Crippen molar-refractivity contribution in [2.24, 2.45) is 10.8 Å². The average molecular weight is 145 g/mol. The lowest BCUT2D eigenvalue weighted by Gasteiger charge is -1.96. The third-order valence-corrected chi connectivity index (χ3v) is 0.915. The molecule has 10 heavy (non-hydrogen) atoms. The van der Waals surface area contributed by atoms with Gasteiger partial charge in [-0.3, -0.25) is 0 Å². The zero-order valence-electron chi connectivity index (χ0n) is 5.79. The number of hydrogen-bond donors (Lipinski definition) is 3. The number of primary amides is 1. The fourth-order valence-electron chi connectivity index (χ4n) is 0.360. The largest absolute Gasteiger partial charge is 0.390 e. The van der Waals surface area contributed by atoms with Crippen molar-refractivity contribution in [3.8, 4) is 0 Å². The topological polar surface area (TPSA) is 87.7 Å². The van der Waals surface area contributed by atoms with E-state index in [2.05, 4.69) is 5.10 Å². The van der Waals surface area contributed by atoms with E-state index < -0.39 is 6.03 Å². The van der Waals surface area contributed by atoms with Gasteiger partial charge in [-0.15, -0.1) is 0 Å². The number of urea groups is 1. The Morgan fingerprint density at radius 3 is 2.70 bits per heavy atom. The van der Waals surface area contributed by atoms with Gasteiger partial charge in [-0.1, -0.05) is 6.92 Å². The highest BCUT2D eigenvalue weighted by molar-refractivity contribution is 5.86. The monoisotopic (exact) mass is 145 g/mol. The number of nitrogens with two attached hydrogens (primary N) is 1. The van der Waals surface area contributed by atoms with Crippen LogP contribution in [0.5, 0.6) is 0 Å². The standard InChI is InChI=1S/C5H11N3O2/c1-2-4(3-9)7-8-5(6)10/h9H,2-3H2,1H3,(H3,6,8,10)/b7-4+. The van der Waals surface area contributed by atoms with E-state index in [4.69, 9.17) is 10.8 Å². The maximum atomic E-state index is 10.1. The van der Waals surface area contributed by atoms with Crippen molar-refractivity contribution in [3.63, 3.8) is 0 Å². The molecule has 0 aliphatic heterocycles. The Labute approximate surface area is 58.9 Å². The fraction of sp³-hybridized carbons (Fsp3) is 0.600. The number of nitrogens with one attached hydrogen (secondary N) is 1. The van der Waals surface area contributed by atoms with Crippen LogP contribution in [-0.2, 0) is 0 Å². The molecule has 0 aromatic heterocycles. The lowest BCUT2D eigenvalue weighted by molar-refractivity contribution is 0.249. The summed E-state index contributed by atoms with van der Waals surface area (Å²) in [5.74, 6) is 0. The molecule has 0 heterocycles. The normalized spacial score (nSPS) is 11.2. The van der Waals surface area contributed by atoms with Crippen LogP contribution in [0.3, 0.4) is 0 Å². The molecule has 0 saturated carbocycles. The number of hydrogen-bond acceptors (Lipinski definition) is 3. The minimum Gasteiger partial charge on any atom is -0.390 e. The van der Waals surface area contributed by atoms with Gasteiger partial charge in [0.25, 0.3) is 0 Å².